The number of para-hydroxylation sites is 1. The highest BCUT2D eigenvalue weighted by atomic mass is 16.3. The Morgan fingerprint density at radius 3 is 2.26 bits per heavy atom. The normalized spacial score (nSPS) is 12.1. The number of rotatable bonds is 5. The molecule has 3 aromatic carbocycles. The Morgan fingerprint density at radius 2 is 1.60 bits per heavy atom. The molecule has 1 aliphatic rings. The molecule has 2 aromatic heterocycles. The maximum atomic E-state index is 13.9. The SMILES string of the molecule is C=CCc1cccc2c(=O)c(-c3c(C#N)c4n(c(=O)c3C#N)N=C(c3ccccc3)C=C(c3ccccc3)N4)coc12. The summed E-state index contributed by atoms with van der Waals surface area (Å²) >= 11 is 0. The van der Waals surface area contributed by atoms with Crippen LogP contribution in [0.5, 0.6) is 0 Å². The zero-order chi connectivity index (χ0) is 29.2. The molecule has 6 rings (SSSR count). The summed E-state index contributed by atoms with van der Waals surface area (Å²) in [5, 5.41) is 28.7. The molecular formula is C34H21N5O3. The zero-order valence-electron chi connectivity index (χ0n) is 22.2. The van der Waals surface area contributed by atoms with Gasteiger partial charge in [0.2, 0.25) is 5.43 Å². The van der Waals surface area contributed by atoms with Crippen LogP contribution in [0.2, 0.25) is 0 Å². The van der Waals surface area contributed by atoms with Crippen LogP contribution >= 0.6 is 0 Å². The molecule has 0 radical (unpaired) electrons. The quantitative estimate of drug-likeness (QED) is 0.277. The number of pyridine rings is 1. The minimum atomic E-state index is -0.787. The molecule has 0 atom stereocenters. The number of nitrogens with one attached hydrogen (secondary N) is 1. The van der Waals surface area contributed by atoms with Gasteiger partial charge in [0.05, 0.1) is 16.7 Å². The van der Waals surface area contributed by atoms with Gasteiger partial charge in [0.25, 0.3) is 5.56 Å². The van der Waals surface area contributed by atoms with Gasteiger partial charge in [0.1, 0.15) is 35.1 Å². The van der Waals surface area contributed by atoms with E-state index in [1.807, 2.05) is 72.8 Å². The number of hydrogen-bond acceptors (Lipinski definition) is 7. The van der Waals surface area contributed by atoms with E-state index in [1.165, 1.54) is 6.26 Å². The third-order valence-electron chi connectivity index (χ3n) is 6.99. The lowest BCUT2D eigenvalue weighted by Gasteiger charge is -2.17. The summed E-state index contributed by atoms with van der Waals surface area (Å²) < 4.78 is 6.91. The standard InChI is InChI=1S/C34H21N5O3/c1-2-10-23-15-9-16-24-31(40)27(20-42-32(23)24)30-25(18-35)33-37-28(21-11-5-3-6-12-21)17-29(22-13-7-4-8-14-22)38-39(33)34(41)26(30)19-36/h2-9,11-17,20,37H,1,10H2. The van der Waals surface area contributed by atoms with E-state index in [0.29, 0.717) is 23.4 Å². The first-order valence-electron chi connectivity index (χ1n) is 13.0. The molecule has 0 amide bonds. The van der Waals surface area contributed by atoms with Gasteiger partial charge in [-0.2, -0.15) is 20.3 Å². The fourth-order valence-corrected chi connectivity index (χ4v) is 5.02. The Labute approximate surface area is 240 Å². The van der Waals surface area contributed by atoms with E-state index in [9.17, 15) is 20.1 Å². The second-order valence-corrected chi connectivity index (χ2v) is 9.48. The number of aromatic nitrogens is 1. The molecule has 8 heteroatoms. The average Bonchev–Trinajstić information content (AvgIpc) is 3.24. The highest BCUT2D eigenvalue weighted by Crippen LogP contribution is 2.33. The molecule has 0 saturated heterocycles. The van der Waals surface area contributed by atoms with Gasteiger partial charge in [-0.3, -0.25) is 9.59 Å². The van der Waals surface area contributed by atoms with E-state index in [0.717, 1.165) is 21.4 Å². The van der Waals surface area contributed by atoms with Crippen LogP contribution in [0.3, 0.4) is 0 Å². The predicted molar refractivity (Wildman–Crippen MR) is 162 cm³/mol. The minimum Gasteiger partial charge on any atom is -0.463 e. The summed E-state index contributed by atoms with van der Waals surface area (Å²) in [7, 11) is 0. The van der Waals surface area contributed by atoms with Crippen LogP contribution in [0.15, 0.2) is 123 Å². The molecule has 42 heavy (non-hydrogen) atoms. The van der Waals surface area contributed by atoms with Crippen LogP contribution in [0.4, 0.5) is 5.82 Å². The van der Waals surface area contributed by atoms with Crippen molar-refractivity contribution in [1.29, 1.82) is 10.5 Å². The Morgan fingerprint density at radius 1 is 0.905 bits per heavy atom. The van der Waals surface area contributed by atoms with Crippen molar-refractivity contribution in [3.63, 3.8) is 0 Å². The number of benzene rings is 3. The molecule has 0 spiro atoms. The largest absolute Gasteiger partial charge is 0.463 e. The molecule has 1 N–H and O–H groups in total. The number of nitrogens with zero attached hydrogens (tertiary/aromatic N) is 4. The van der Waals surface area contributed by atoms with Gasteiger partial charge in [-0.1, -0.05) is 78.9 Å². The first-order valence-corrected chi connectivity index (χ1v) is 13.0. The van der Waals surface area contributed by atoms with Crippen LogP contribution < -0.4 is 16.3 Å². The third-order valence-corrected chi connectivity index (χ3v) is 6.99. The van der Waals surface area contributed by atoms with Gasteiger partial charge in [-0.25, -0.2) is 0 Å². The molecular weight excluding hydrogens is 526 g/mol. The van der Waals surface area contributed by atoms with Crippen LogP contribution in [-0.2, 0) is 6.42 Å². The van der Waals surface area contributed by atoms with E-state index in [1.54, 1.807) is 24.3 Å². The molecule has 3 heterocycles. The van der Waals surface area contributed by atoms with E-state index in [2.05, 4.69) is 23.1 Å². The molecule has 0 fully saturated rings. The summed E-state index contributed by atoms with van der Waals surface area (Å²) in [6.07, 6.45) is 5.15. The lowest BCUT2D eigenvalue weighted by atomic mass is 9.96. The maximum Gasteiger partial charge on any atom is 0.291 e. The lowest BCUT2D eigenvalue weighted by molar-refractivity contribution is 0.601. The number of hydrogen-bond donors (Lipinski definition) is 1. The Bertz CT molecular complexity index is 2160. The number of allylic oxidation sites excluding steroid dienone is 2. The topological polar surface area (TPSA) is 124 Å². The van der Waals surface area contributed by atoms with Crippen molar-refractivity contribution in [3.05, 3.63) is 152 Å². The van der Waals surface area contributed by atoms with E-state index in [-0.39, 0.29) is 27.9 Å². The van der Waals surface area contributed by atoms with Gasteiger partial charge in [-0.15, -0.1) is 6.58 Å². The second-order valence-electron chi connectivity index (χ2n) is 9.48. The smallest absolute Gasteiger partial charge is 0.291 e. The molecule has 0 aliphatic carbocycles. The van der Waals surface area contributed by atoms with Crippen molar-refractivity contribution in [2.45, 2.75) is 6.42 Å². The number of anilines is 1. The van der Waals surface area contributed by atoms with Crippen LogP contribution in [0.25, 0.3) is 27.8 Å². The average molecular weight is 548 g/mol. The van der Waals surface area contributed by atoms with Gasteiger partial charge in [0.15, 0.2) is 5.82 Å². The molecule has 1 aliphatic heterocycles. The second kappa shape index (κ2) is 10.7. The molecule has 0 saturated carbocycles. The van der Waals surface area contributed by atoms with Crippen molar-refractivity contribution in [1.82, 2.24) is 4.68 Å². The summed E-state index contributed by atoms with van der Waals surface area (Å²) in [5.41, 5.74) is 1.69. The van der Waals surface area contributed by atoms with E-state index in [4.69, 9.17) is 4.42 Å². The molecule has 5 aromatic rings. The van der Waals surface area contributed by atoms with Crippen molar-refractivity contribution in [2.24, 2.45) is 5.10 Å². The highest BCUT2D eigenvalue weighted by molar-refractivity contribution is 6.13. The Kier molecular flexibility index (Phi) is 6.64. The van der Waals surface area contributed by atoms with E-state index >= 15 is 0 Å². The monoisotopic (exact) mass is 547 g/mol. The van der Waals surface area contributed by atoms with E-state index < -0.39 is 16.6 Å². The fraction of sp³-hybridized carbons (Fsp3) is 0.0294. The summed E-state index contributed by atoms with van der Waals surface area (Å²) in [6.45, 7) is 3.76. The first kappa shape index (κ1) is 26.0. The highest BCUT2D eigenvalue weighted by Gasteiger charge is 2.28. The van der Waals surface area contributed by atoms with Crippen LogP contribution in [-0.4, -0.2) is 10.4 Å². The van der Waals surface area contributed by atoms with Gasteiger partial charge in [0, 0.05) is 16.8 Å². The minimum absolute atomic E-state index is 0.0254. The van der Waals surface area contributed by atoms with Crippen molar-refractivity contribution in [3.8, 4) is 23.3 Å². The zero-order valence-corrected chi connectivity index (χ0v) is 22.2. The summed E-state index contributed by atoms with van der Waals surface area (Å²) in [5.74, 6) is 0.0254. The van der Waals surface area contributed by atoms with Gasteiger partial charge in [-0.05, 0) is 29.7 Å². The number of fused-ring (bicyclic) bond motifs is 2. The van der Waals surface area contributed by atoms with Gasteiger partial charge < -0.3 is 9.73 Å². The molecule has 200 valence electrons. The van der Waals surface area contributed by atoms with Crippen LogP contribution in [0, 0.1) is 22.7 Å². The van der Waals surface area contributed by atoms with Gasteiger partial charge >= 0.3 is 0 Å². The summed E-state index contributed by atoms with van der Waals surface area (Å²) in [4.78, 5) is 27.7. The lowest BCUT2D eigenvalue weighted by Crippen LogP contribution is -2.26. The van der Waals surface area contributed by atoms with Crippen LogP contribution in [0.1, 0.15) is 27.8 Å². The van der Waals surface area contributed by atoms with Crippen molar-refractivity contribution < 1.29 is 4.42 Å². The molecule has 0 bridgehead atoms. The number of nitriles is 2. The first-order chi connectivity index (χ1) is 20.5. The third kappa shape index (κ3) is 4.30. The Balaban J connectivity index is 1.68. The Hall–Kier alpha value is -6.25. The molecule has 0 unspecified atom stereocenters. The fourth-order valence-electron chi connectivity index (χ4n) is 5.02. The van der Waals surface area contributed by atoms with Crippen molar-refractivity contribution >= 4 is 28.2 Å². The van der Waals surface area contributed by atoms with Crippen molar-refractivity contribution in [2.75, 3.05) is 5.32 Å². The molecule has 8 nitrogen and oxygen atoms in total. The summed E-state index contributed by atoms with van der Waals surface area (Å²) in [6, 6.07) is 27.8. The maximum absolute atomic E-state index is 13.9. The predicted octanol–water partition coefficient (Wildman–Crippen LogP) is 5.81.